The van der Waals surface area contributed by atoms with Crippen molar-refractivity contribution in [1.29, 1.82) is 0 Å². The van der Waals surface area contributed by atoms with Crippen LogP contribution in [0.3, 0.4) is 0 Å². The molecule has 1 aliphatic rings. The SMILES string of the molecule is CN[C@H]1/C=C/CCCC[C@H]1NC(=O)SC(C)(C)C. The van der Waals surface area contributed by atoms with Crippen molar-refractivity contribution in [3.63, 3.8) is 0 Å². The van der Waals surface area contributed by atoms with Gasteiger partial charge in [0.25, 0.3) is 5.24 Å². The first-order valence-corrected chi connectivity index (χ1v) is 7.57. The van der Waals surface area contributed by atoms with E-state index in [9.17, 15) is 4.79 Å². The van der Waals surface area contributed by atoms with Gasteiger partial charge in [0.15, 0.2) is 0 Å². The maximum Gasteiger partial charge on any atom is 0.279 e. The van der Waals surface area contributed by atoms with Crippen LogP contribution in [0.15, 0.2) is 12.2 Å². The van der Waals surface area contributed by atoms with Gasteiger partial charge in [-0.3, -0.25) is 4.79 Å². The third-order valence-corrected chi connectivity index (χ3v) is 3.86. The molecule has 0 aromatic rings. The van der Waals surface area contributed by atoms with E-state index in [2.05, 4.69) is 43.6 Å². The lowest BCUT2D eigenvalue weighted by Gasteiger charge is -2.28. The summed E-state index contributed by atoms with van der Waals surface area (Å²) < 4.78 is -0.0311. The molecule has 1 amide bonds. The first-order valence-electron chi connectivity index (χ1n) is 6.76. The van der Waals surface area contributed by atoms with Crippen molar-refractivity contribution >= 4 is 17.0 Å². The second-order valence-electron chi connectivity index (χ2n) is 5.78. The van der Waals surface area contributed by atoms with Crippen LogP contribution in [-0.4, -0.2) is 29.1 Å². The topological polar surface area (TPSA) is 41.1 Å². The Morgan fingerprint density at radius 1 is 1.33 bits per heavy atom. The van der Waals surface area contributed by atoms with E-state index in [0.29, 0.717) is 0 Å². The van der Waals surface area contributed by atoms with Crippen LogP contribution in [0.5, 0.6) is 0 Å². The van der Waals surface area contributed by atoms with E-state index in [-0.39, 0.29) is 22.1 Å². The number of amides is 1. The van der Waals surface area contributed by atoms with E-state index in [1.54, 1.807) is 0 Å². The Morgan fingerprint density at radius 3 is 2.67 bits per heavy atom. The summed E-state index contributed by atoms with van der Waals surface area (Å²) in [6.07, 6.45) is 8.99. The largest absolute Gasteiger partial charge is 0.342 e. The van der Waals surface area contributed by atoms with E-state index in [1.807, 2.05) is 7.05 Å². The summed E-state index contributed by atoms with van der Waals surface area (Å²) in [6.45, 7) is 6.18. The molecule has 1 rings (SSSR count). The van der Waals surface area contributed by atoms with E-state index in [4.69, 9.17) is 0 Å². The van der Waals surface area contributed by atoms with Gasteiger partial charge in [0, 0.05) is 16.8 Å². The standard InChI is InChI=1S/C14H26N2OS/c1-14(2,3)18-13(17)16-12-10-8-6-5-7-9-11(12)15-4/h7,9,11-12,15H,5-6,8,10H2,1-4H3,(H,16,17)/b9-7+/t11-,12+/m0/s1. The van der Waals surface area contributed by atoms with Gasteiger partial charge in [0.1, 0.15) is 0 Å². The normalized spacial score (nSPS) is 27.1. The fourth-order valence-corrected chi connectivity index (χ4v) is 2.87. The van der Waals surface area contributed by atoms with Gasteiger partial charge in [-0.15, -0.1) is 0 Å². The lowest BCUT2D eigenvalue weighted by atomic mass is 9.97. The first-order chi connectivity index (χ1) is 8.42. The molecule has 0 spiro atoms. The molecular formula is C14H26N2OS. The van der Waals surface area contributed by atoms with Crippen molar-refractivity contribution in [1.82, 2.24) is 10.6 Å². The predicted octanol–water partition coefficient (Wildman–Crippen LogP) is 3.31. The Kier molecular flexibility index (Phi) is 6.22. The van der Waals surface area contributed by atoms with Crippen LogP contribution in [0.4, 0.5) is 4.79 Å². The van der Waals surface area contributed by atoms with Gasteiger partial charge in [-0.25, -0.2) is 0 Å². The van der Waals surface area contributed by atoms with Gasteiger partial charge >= 0.3 is 0 Å². The van der Waals surface area contributed by atoms with Gasteiger partial charge in [-0.1, -0.05) is 51.1 Å². The average molecular weight is 270 g/mol. The van der Waals surface area contributed by atoms with Crippen LogP contribution < -0.4 is 10.6 Å². The highest BCUT2D eigenvalue weighted by atomic mass is 32.2. The molecule has 2 N–H and O–H groups in total. The van der Waals surface area contributed by atoms with Crippen LogP contribution in [0, 0.1) is 0 Å². The number of allylic oxidation sites excluding steroid dienone is 1. The van der Waals surface area contributed by atoms with Crippen LogP contribution in [0.1, 0.15) is 46.5 Å². The molecule has 0 aromatic heterocycles. The molecule has 104 valence electrons. The summed E-state index contributed by atoms with van der Waals surface area (Å²) in [7, 11) is 1.95. The zero-order valence-corrected chi connectivity index (χ0v) is 12.8. The van der Waals surface area contributed by atoms with Crippen molar-refractivity contribution < 1.29 is 4.79 Å². The Balaban J connectivity index is 2.58. The molecule has 0 heterocycles. The minimum atomic E-state index is -0.0311. The van der Waals surface area contributed by atoms with Crippen LogP contribution in [0.2, 0.25) is 0 Å². The minimum Gasteiger partial charge on any atom is -0.342 e. The number of carbonyl (C=O) groups excluding carboxylic acids is 1. The van der Waals surface area contributed by atoms with Crippen molar-refractivity contribution in [2.45, 2.75) is 63.3 Å². The highest BCUT2D eigenvalue weighted by Crippen LogP contribution is 2.24. The maximum atomic E-state index is 12.0. The highest BCUT2D eigenvalue weighted by molar-refractivity contribution is 8.14. The molecule has 0 aromatic carbocycles. The summed E-state index contributed by atoms with van der Waals surface area (Å²) in [5.74, 6) is 0. The Labute approximate surface area is 115 Å². The average Bonchev–Trinajstić information content (AvgIpc) is 2.20. The summed E-state index contributed by atoms with van der Waals surface area (Å²) in [4.78, 5) is 12.0. The summed E-state index contributed by atoms with van der Waals surface area (Å²) in [5, 5.41) is 6.52. The molecule has 0 aliphatic heterocycles. The summed E-state index contributed by atoms with van der Waals surface area (Å²) in [5.41, 5.74) is 0. The van der Waals surface area contributed by atoms with E-state index >= 15 is 0 Å². The summed E-state index contributed by atoms with van der Waals surface area (Å²) >= 11 is 1.37. The van der Waals surface area contributed by atoms with Crippen molar-refractivity contribution in [3.05, 3.63) is 12.2 Å². The van der Waals surface area contributed by atoms with Crippen LogP contribution >= 0.6 is 11.8 Å². The molecule has 0 unspecified atom stereocenters. The van der Waals surface area contributed by atoms with E-state index < -0.39 is 0 Å². The van der Waals surface area contributed by atoms with Gasteiger partial charge in [0.2, 0.25) is 0 Å². The number of hydrogen-bond acceptors (Lipinski definition) is 3. The quantitative estimate of drug-likeness (QED) is 0.756. The zero-order valence-electron chi connectivity index (χ0n) is 12.0. The molecule has 0 saturated carbocycles. The zero-order chi connectivity index (χ0) is 13.6. The van der Waals surface area contributed by atoms with Crippen LogP contribution in [-0.2, 0) is 0 Å². The third-order valence-electron chi connectivity index (χ3n) is 2.95. The smallest absolute Gasteiger partial charge is 0.279 e. The highest BCUT2D eigenvalue weighted by Gasteiger charge is 2.23. The molecule has 4 heteroatoms. The van der Waals surface area contributed by atoms with Crippen molar-refractivity contribution in [3.8, 4) is 0 Å². The number of nitrogens with one attached hydrogen (secondary N) is 2. The molecule has 1 aliphatic carbocycles. The fourth-order valence-electron chi connectivity index (χ4n) is 2.10. The van der Waals surface area contributed by atoms with Crippen molar-refractivity contribution in [2.75, 3.05) is 7.05 Å². The van der Waals surface area contributed by atoms with Gasteiger partial charge in [-0.05, 0) is 26.3 Å². The summed E-state index contributed by atoms with van der Waals surface area (Å²) in [6, 6.07) is 0.448. The van der Waals surface area contributed by atoms with Crippen molar-refractivity contribution in [2.24, 2.45) is 0 Å². The predicted molar refractivity (Wildman–Crippen MR) is 80.1 cm³/mol. The molecule has 0 fully saturated rings. The van der Waals surface area contributed by atoms with E-state index in [1.165, 1.54) is 24.6 Å². The Bertz CT molecular complexity index is 297. The molecule has 2 atom stereocenters. The number of carbonyl (C=O) groups is 1. The molecule has 3 nitrogen and oxygen atoms in total. The third kappa shape index (κ3) is 5.91. The Morgan fingerprint density at radius 2 is 2.06 bits per heavy atom. The Hall–Kier alpha value is -0.480. The number of thioether (sulfide) groups is 1. The minimum absolute atomic E-state index is 0.0311. The van der Waals surface area contributed by atoms with Gasteiger partial charge in [-0.2, -0.15) is 0 Å². The number of hydrogen-bond donors (Lipinski definition) is 2. The van der Waals surface area contributed by atoms with Gasteiger partial charge < -0.3 is 10.6 Å². The monoisotopic (exact) mass is 270 g/mol. The molecular weight excluding hydrogens is 244 g/mol. The molecule has 0 bridgehead atoms. The fraction of sp³-hybridized carbons (Fsp3) is 0.786. The van der Waals surface area contributed by atoms with Crippen LogP contribution in [0.25, 0.3) is 0 Å². The second-order valence-corrected chi connectivity index (χ2v) is 7.58. The molecule has 0 radical (unpaired) electrons. The number of likely N-dealkylation sites (N-methyl/N-ethyl adjacent to an activating group) is 1. The first kappa shape index (κ1) is 15.6. The lowest BCUT2D eigenvalue weighted by molar-refractivity contribution is 0.253. The second kappa shape index (κ2) is 7.19. The van der Waals surface area contributed by atoms with E-state index in [0.717, 1.165) is 12.8 Å². The molecule has 18 heavy (non-hydrogen) atoms. The molecule has 0 saturated heterocycles. The maximum absolute atomic E-state index is 12.0. The number of rotatable bonds is 2. The van der Waals surface area contributed by atoms with Gasteiger partial charge in [0.05, 0.1) is 0 Å². The lowest BCUT2D eigenvalue weighted by Crippen LogP contribution is -2.47.